The Morgan fingerprint density at radius 3 is 2.89 bits per heavy atom. The van der Waals surface area contributed by atoms with Gasteiger partial charge in [0, 0.05) is 6.20 Å². The fraction of sp³-hybridized carbons (Fsp3) is 0.267. The van der Waals surface area contributed by atoms with Crippen molar-refractivity contribution in [2.75, 3.05) is 11.9 Å². The molecule has 0 saturated heterocycles. The summed E-state index contributed by atoms with van der Waals surface area (Å²) < 4.78 is 50.5. The van der Waals surface area contributed by atoms with E-state index in [0.717, 1.165) is 6.20 Å². The van der Waals surface area contributed by atoms with Crippen molar-refractivity contribution < 1.29 is 27.3 Å². The SMILES string of the molecule is C[C@@H](Nc1nc(-c2c[nH]c3nc[nH+]cc23)ncc1F)C(=O)NCC(F)(F)F. The zero-order chi connectivity index (χ0) is 19.6. The van der Waals surface area contributed by atoms with Crippen molar-refractivity contribution in [3.05, 3.63) is 30.7 Å². The summed E-state index contributed by atoms with van der Waals surface area (Å²) in [6.07, 6.45) is 1.08. The Morgan fingerprint density at radius 2 is 2.15 bits per heavy atom. The third kappa shape index (κ3) is 4.27. The van der Waals surface area contributed by atoms with E-state index in [9.17, 15) is 22.4 Å². The standard InChI is InChI=1S/C15H13F4N7O/c1-7(14(27)23-5-15(17,18)19)25-13-10(16)4-22-12(26-13)9-3-21-11-8(9)2-20-6-24-11/h2-4,6-7H,5H2,1H3,(H,23,27)(H,20,21,24)(H,22,25,26)/p+1/t7-/m1/s1. The number of fused-ring (bicyclic) bond motifs is 1. The number of carbonyl (C=O) groups excluding carboxylic acids is 1. The van der Waals surface area contributed by atoms with E-state index in [2.05, 4.69) is 30.2 Å². The average molecular weight is 384 g/mol. The summed E-state index contributed by atoms with van der Waals surface area (Å²) in [5.74, 6) is -1.96. The number of nitrogens with one attached hydrogen (secondary N) is 4. The van der Waals surface area contributed by atoms with Gasteiger partial charge in [-0.2, -0.15) is 13.2 Å². The van der Waals surface area contributed by atoms with Crippen molar-refractivity contribution in [3.63, 3.8) is 0 Å². The second kappa shape index (κ2) is 7.13. The Labute approximate surface area is 149 Å². The molecule has 0 spiro atoms. The lowest BCUT2D eigenvalue weighted by atomic mass is 10.2. The van der Waals surface area contributed by atoms with Gasteiger partial charge in [-0.05, 0) is 11.9 Å². The van der Waals surface area contributed by atoms with Gasteiger partial charge in [0.2, 0.25) is 5.91 Å². The molecule has 3 rings (SSSR count). The molecule has 1 atom stereocenters. The fourth-order valence-corrected chi connectivity index (χ4v) is 2.29. The summed E-state index contributed by atoms with van der Waals surface area (Å²) in [6, 6.07) is -1.15. The van der Waals surface area contributed by atoms with E-state index < -0.39 is 30.5 Å². The molecule has 3 heterocycles. The highest BCUT2D eigenvalue weighted by Crippen LogP contribution is 2.25. The second-order valence-electron chi connectivity index (χ2n) is 5.62. The van der Waals surface area contributed by atoms with Crippen LogP contribution in [0.2, 0.25) is 0 Å². The van der Waals surface area contributed by atoms with E-state index in [4.69, 9.17) is 0 Å². The number of halogens is 4. The van der Waals surface area contributed by atoms with Gasteiger partial charge in [0.25, 0.3) is 12.0 Å². The number of aromatic amines is 2. The van der Waals surface area contributed by atoms with Gasteiger partial charge < -0.3 is 15.6 Å². The first-order valence-corrected chi connectivity index (χ1v) is 7.71. The monoisotopic (exact) mass is 384 g/mol. The summed E-state index contributed by atoms with van der Waals surface area (Å²) in [6.45, 7) is -0.189. The van der Waals surface area contributed by atoms with Crippen molar-refractivity contribution in [2.45, 2.75) is 19.1 Å². The Bertz CT molecular complexity index is 972. The minimum atomic E-state index is -4.54. The van der Waals surface area contributed by atoms with Gasteiger partial charge in [0.15, 0.2) is 17.5 Å². The molecule has 0 bridgehead atoms. The van der Waals surface area contributed by atoms with Gasteiger partial charge in [-0.3, -0.25) is 4.79 Å². The predicted molar refractivity (Wildman–Crippen MR) is 85.8 cm³/mol. The van der Waals surface area contributed by atoms with Crippen molar-refractivity contribution in [1.29, 1.82) is 0 Å². The lowest BCUT2D eigenvalue weighted by molar-refractivity contribution is -0.380. The number of hydrogen-bond donors (Lipinski definition) is 3. The summed E-state index contributed by atoms with van der Waals surface area (Å²) in [7, 11) is 0. The lowest BCUT2D eigenvalue weighted by Gasteiger charge is -2.16. The third-order valence-corrected chi connectivity index (χ3v) is 3.59. The Morgan fingerprint density at radius 1 is 1.37 bits per heavy atom. The van der Waals surface area contributed by atoms with Crippen LogP contribution in [0.25, 0.3) is 22.4 Å². The number of H-pyrrole nitrogens is 2. The first-order valence-electron chi connectivity index (χ1n) is 7.71. The number of nitrogens with zero attached hydrogens (tertiary/aromatic N) is 3. The average Bonchev–Trinajstić information content (AvgIpc) is 3.05. The summed E-state index contributed by atoms with van der Waals surface area (Å²) in [4.78, 5) is 29.5. The van der Waals surface area contributed by atoms with Crippen molar-refractivity contribution in [1.82, 2.24) is 25.3 Å². The molecule has 0 aromatic carbocycles. The highest BCUT2D eigenvalue weighted by atomic mass is 19.4. The van der Waals surface area contributed by atoms with Crippen LogP contribution in [-0.4, -0.2) is 44.6 Å². The highest BCUT2D eigenvalue weighted by molar-refractivity contribution is 5.90. The molecule has 4 N–H and O–H groups in total. The minimum Gasteiger partial charge on any atom is -0.356 e. The lowest BCUT2D eigenvalue weighted by Crippen LogP contribution is -2.42. The number of aromatic nitrogens is 5. The van der Waals surface area contributed by atoms with E-state index in [1.54, 1.807) is 17.7 Å². The van der Waals surface area contributed by atoms with Crippen LogP contribution in [0.5, 0.6) is 0 Å². The number of alkyl halides is 3. The molecule has 0 aliphatic rings. The van der Waals surface area contributed by atoms with E-state index in [1.165, 1.54) is 13.3 Å². The molecule has 0 fully saturated rings. The van der Waals surface area contributed by atoms with Gasteiger partial charge in [0.1, 0.15) is 18.8 Å². The number of anilines is 1. The molecule has 0 aliphatic carbocycles. The fourth-order valence-electron chi connectivity index (χ4n) is 2.29. The van der Waals surface area contributed by atoms with Crippen LogP contribution in [0, 0.1) is 5.82 Å². The van der Waals surface area contributed by atoms with Crippen LogP contribution in [0.1, 0.15) is 6.92 Å². The van der Waals surface area contributed by atoms with Crippen molar-refractivity contribution >= 4 is 22.8 Å². The number of carbonyl (C=O) groups is 1. The van der Waals surface area contributed by atoms with Crippen LogP contribution in [0.3, 0.4) is 0 Å². The molecule has 1 amide bonds. The molecule has 12 heteroatoms. The predicted octanol–water partition coefficient (Wildman–Crippen LogP) is 1.45. The molecule has 142 valence electrons. The maximum Gasteiger partial charge on any atom is 0.405 e. The maximum atomic E-state index is 14.0. The largest absolute Gasteiger partial charge is 0.405 e. The summed E-state index contributed by atoms with van der Waals surface area (Å²) in [5, 5.41) is 4.83. The molecule has 3 aromatic heterocycles. The van der Waals surface area contributed by atoms with E-state index in [-0.39, 0.29) is 11.6 Å². The Hall–Kier alpha value is -3.31. The number of hydrogen-bond acceptors (Lipinski definition) is 5. The molecule has 8 nitrogen and oxygen atoms in total. The van der Waals surface area contributed by atoms with Crippen molar-refractivity contribution in [3.8, 4) is 11.4 Å². The highest BCUT2D eigenvalue weighted by Gasteiger charge is 2.29. The van der Waals surface area contributed by atoms with Gasteiger partial charge in [-0.1, -0.05) is 0 Å². The molecule has 0 aliphatic heterocycles. The van der Waals surface area contributed by atoms with Gasteiger partial charge >= 0.3 is 6.18 Å². The third-order valence-electron chi connectivity index (χ3n) is 3.59. The Kier molecular flexibility index (Phi) is 4.88. The number of amides is 1. The summed E-state index contributed by atoms with van der Waals surface area (Å²) >= 11 is 0. The molecule has 0 unspecified atom stereocenters. The first kappa shape index (κ1) is 18.5. The van der Waals surface area contributed by atoms with E-state index in [0.29, 0.717) is 16.6 Å². The maximum absolute atomic E-state index is 14.0. The first-order chi connectivity index (χ1) is 12.7. The molecular formula is C15H14F4N7O+. The number of rotatable bonds is 5. The zero-order valence-electron chi connectivity index (χ0n) is 13.9. The van der Waals surface area contributed by atoms with Crippen LogP contribution < -0.4 is 15.6 Å². The molecule has 3 aromatic rings. The normalized spacial score (nSPS) is 12.8. The topological polar surface area (TPSA) is 110 Å². The summed E-state index contributed by atoms with van der Waals surface area (Å²) in [5.41, 5.74) is 1.10. The zero-order valence-corrected chi connectivity index (χ0v) is 13.9. The van der Waals surface area contributed by atoms with Gasteiger partial charge in [-0.25, -0.2) is 19.3 Å². The molecular weight excluding hydrogens is 370 g/mol. The molecule has 27 heavy (non-hydrogen) atoms. The van der Waals surface area contributed by atoms with Gasteiger partial charge in [-0.15, -0.1) is 0 Å². The van der Waals surface area contributed by atoms with Crippen LogP contribution in [0.4, 0.5) is 23.4 Å². The quantitative estimate of drug-likeness (QED) is 0.577. The Balaban J connectivity index is 1.80. The minimum absolute atomic E-state index is 0.148. The van der Waals surface area contributed by atoms with E-state index >= 15 is 0 Å². The smallest absolute Gasteiger partial charge is 0.356 e. The second-order valence-corrected chi connectivity index (χ2v) is 5.62. The molecule has 0 saturated carbocycles. The van der Waals surface area contributed by atoms with Crippen LogP contribution in [-0.2, 0) is 4.79 Å². The van der Waals surface area contributed by atoms with Crippen LogP contribution >= 0.6 is 0 Å². The van der Waals surface area contributed by atoms with Crippen molar-refractivity contribution in [2.24, 2.45) is 0 Å². The van der Waals surface area contributed by atoms with Gasteiger partial charge in [0.05, 0.1) is 17.1 Å². The molecule has 0 radical (unpaired) electrons. The van der Waals surface area contributed by atoms with Crippen LogP contribution in [0.15, 0.2) is 24.9 Å². The van der Waals surface area contributed by atoms with E-state index in [1.807, 2.05) is 0 Å².